The van der Waals surface area contributed by atoms with Crippen molar-refractivity contribution in [2.24, 2.45) is 0 Å². The molecule has 0 aromatic heterocycles. The maximum absolute atomic E-state index is 13.5. The number of esters is 1. The quantitative estimate of drug-likeness (QED) is 0.273. The fourth-order valence-corrected chi connectivity index (χ4v) is 5.47. The van der Waals surface area contributed by atoms with Crippen molar-refractivity contribution in [3.8, 4) is 5.75 Å². The van der Waals surface area contributed by atoms with Crippen molar-refractivity contribution in [1.82, 2.24) is 4.90 Å². The Kier molecular flexibility index (Phi) is 10.2. The van der Waals surface area contributed by atoms with Crippen LogP contribution in [0.5, 0.6) is 5.75 Å². The molecule has 4 rings (SSSR count). The monoisotopic (exact) mass is 566 g/mol. The van der Waals surface area contributed by atoms with Crippen molar-refractivity contribution in [2.45, 2.75) is 83.8 Å². The van der Waals surface area contributed by atoms with Gasteiger partial charge in [-0.15, -0.1) is 0 Å². The molecule has 1 amide bonds. The van der Waals surface area contributed by atoms with E-state index in [9.17, 15) is 9.59 Å². The molecule has 0 radical (unpaired) electrons. The second-order valence-electron chi connectivity index (χ2n) is 11.9. The van der Waals surface area contributed by atoms with Crippen molar-refractivity contribution >= 4 is 29.2 Å². The number of ether oxygens (including phenoxy) is 2. The lowest BCUT2D eigenvalue weighted by Gasteiger charge is -2.29. The van der Waals surface area contributed by atoms with Gasteiger partial charge in [0.15, 0.2) is 0 Å². The molecule has 0 N–H and O–H groups in total. The van der Waals surface area contributed by atoms with Crippen LogP contribution in [0.4, 0.5) is 5.69 Å². The summed E-state index contributed by atoms with van der Waals surface area (Å²) in [4.78, 5) is 30.8. The fourth-order valence-electron chi connectivity index (χ4n) is 5.27. The van der Waals surface area contributed by atoms with Gasteiger partial charge in [-0.2, -0.15) is 0 Å². The molecule has 2 aliphatic heterocycles. The van der Waals surface area contributed by atoms with Crippen molar-refractivity contribution in [3.63, 3.8) is 0 Å². The van der Waals surface area contributed by atoms with Crippen molar-refractivity contribution in [3.05, 3.63) is 70.3 Å². The zero-order valence-corrected chi connectivity index (χ0v) is 25.1. The van der Waals surface area contributed by atoms with Crippen molar-refractivity contribution < 1.29 is 19.1 Å². The van der Waals surface area contributed by atoms with E-state index in [0.29, 0.717) is 13.2 Å². The summed E-state index contributed by atoms with van der Waals surface area (Å²) in [6, 6.07) is 11.9. The van der Waals surface area contributed by atoms with E-state index in [2.05, 4.69) is 29.2 Å². The lowest BCUT2D eigenvalue weighted by atomic mass is 9.93. The molecule has 2 heterocycles. The third-order valence-electron chi connectivity index (χ3n) is 7.49. The average Bonchev–Trinajstić information content (AvgIpc) is 2.93. The first kappa shape index (κ1) is 30.0. The highest BCUT2D eigenvalue weighted by Crippen LogP contribution is 2.36. The largest absolute Gasteiger partial charge is 0.487 e. The Balaban J connectivity index is 1.76. The lowest BCUT2D eigenvalue weighted by Crippen LogP contribution is -2.33. The molecule has 7 heteroatoms. The number of hydrogen-bond donors (Lipinski definition) is 0. The molecule has 0 aliphatic carbocycles. The number of anilines is 1. The number of fused-ring (bicyclic) bond motifs is 2. The molecule has 2 bridgehead atoms. The normalized spacial score (nSPS) is 20.2. The molecule has 40 heavy (non-hydrogen) atoms. The molecular weight excluding hydrogens is 524 g/mol. The Morgan fingerprint density at radius 1 is 1.00 bits per heavy atom. The van der Waals surface area contributed by atoms with Crippen LogP contribution >= 0.6 is 11.6 Å². The minimum atomic E-state index is -0.712. The van der Waals surface area contributed by atoms with Crippen LogP contribution in [0, 0.1) is 0 Å². The Hall–Kier alpha value is -2.99. The fraction of sp³-hybridized carbons (Fsp3) is 0.515. The molecule has 216 valence electrons. The highest BCUT2D eigenvalue weighted by Gasteiger charge is 2.31. The predicted octanol–water partition coefficient (Wildman–Crippen LogP) is 7.08. The highest BCUT2D eigenvalue weighted by atomic mass is 35.5. The Bertz CT molecular complexity index is 1220. The summed E-state index contributed by atoms with van der Waals surface area (Å²) in [5.74, 6) is -0.405. The predicted molar refractivity (Wildman–Crippen MR) is 161 cm³/mol. The maximum atomic E-state index is 13.5. The van der Waals surface area contributed by atoms with Crippen LogP contribution < -0.4 is 9.64 Å². The zero-order chi connectivity index (χ0) is 28.7. The molecule has 0 saturated carbocycles. The van der Waals surface area contributed by atoms with Crippen molar-refractivity contribution in [1.29, 1.82) is 0 Å². The molecule has 0 fully saturated rings. The molecule has 2 aliphatic rings. The van der Waals surface area contributed by atoms with Crippen LogP contribution in [0.1, 0.15) is 81.9 Å². The van der Waals surface area contributed by atoms with E-state index in [4.69, 9.17) is 21.1 Å². The number of benzene rings is 2. The molecule has 1 atom stereocenters. The van der Waals surface area contributed by atoms with E-state index < -0.39 is 11.5 Å². The van der Waals surface area contributed by atoms with Gasteiger partial charge in [-0.05, 0) is 100 Å². The number of halogens is 1. The van der Waals surface area contributed by atoms with Crippen LogP contribution in [0.3, 0.4) is 0 Å². The second kappa shape index (κ2) is 13.6. The zero-order valence-electron chi connectivity index (χ0n) is 24.4. The van der Waals surface area contributed by atoms with Gasteiger partial charge < -0.3 is 19.3 Å². The molecule has 6 nitrogen and oxygen atoms in total. The van der Waals surface area contributed by atoms with Gasteiger partial charge in [0.25, 0.3) is 0 Å². The van der Waals surface area contributed by atoms with E-state index in [0.717, 1.165) is 79.2 Å². The highest BCUT2D eigenvalue weighted by molar-refractivity contribution is 6.30. The molecule has 2 aromatic carbocycles. The van der Waals surface area contributed by atoms with E-state index >= 15 is 0 Å². The van der Waals surface area contributed by atoms with Gasteiger partial charge >= 0.3 is 5.97 Å². The van der Waals surface area contributed by atoms with Crippen LogP contribution in [0.25, 0.3) is 0 Å². The third-order valence-corrected chi connectivity index (χ3v) is 7.73. The number of hydrogen-bond acceptors (Lipinski definition) is 5. The minimum absolute atomic E-state index is 0.0486. The van der Waals surface area contributed by atoms with Gasteiger partial charge in [-0.3, -0.25) is 9.59 Å². The number of aryl methyl sites for hydroxylation is 1. The number of amides is 1. The van der Waals surface area contributed by atoms with Gasteiger partial charge in [0.1, 0.15) is 18.0 Å². The lowest BCUT2D eigenvalue weighted by molar-refractivity contribution is -0.158. The summed E-state index contributed by atoms with van der Waals surface area (Å²) >= 11 is 6.32. The van der Waals surface area contributed by atoms with Gasteiger partial charge in [-0.1, -0.05) is 35.9 Å². The van der Waals surface area contributed by atoms with Gasteiger partial charge in [-0.25, -0.2) is 0 Å². The van der Waals surface area contributed by atoms with Crippen molar-refractivity contribution in [2.75, 3.05) is 31.6 Å². The summed E-state index contributed by atoms with van der Waals surface area (Å²) in [7, 11) is 1.79. The number of carbonyl (C=O) groups excluding carboxylic acids is 2. The van der Waals surface area contributed by atoms with E-state index in [1.807, 2.05) is 45.0 Å². The second-order valence-corrected chi connectivity index (χ2v) is 12.3. The van der Waals surface area contributed by atoms with E-state index in [1.165, 1.54) is 5.56 Å². The molecular formula is C33H43ClN2O4. The standard InChI is InChI=1S/C33H43ClN2O4/c1-33(2,3)40-32(38)28-22-31(37)35(4)17-9-6-5-7-10-18-36-19-11-8-12-24-20-27(34)15-13-26(24)23-39-30-16-14-25(28)21-29(30)36/h6,9,13-16,20-21,28H,5,7-8,10-12,17-19,22-23H2,1-4H3/b9-6+/t28-/m1/s1. The first-order chi connectivity index (χ1) is 19.1. The first-order valence-electron chi connectivity index (χ1n) is 14.5. The molecule has 2 aromatic rings. The smallest absolute Gasteiger partial charge is 0.314 e. The number of carbonyl (C=O) groups is 2. The SMILES string of the molecule is CN1C/C=C/CCCCN2CCCCc3cc(Cl)ccc3COc3ccc(cc32)[C@H](C(=O)OC(C)(C)C)CC1=O. The maximum Gasteiger partial charge on any atom is 0.314 e. The van der Waals surface area contributed by atoms with Gasteiger partial charge in [0, 0.05) is 38.1 Å². The van der Waals surface area contributed by atoms with Crippen LogP contribution in [0.15, 0.2) is 48.6 Å². The van der Waals surface area contributed by atoms with Crippen LogP contribution in [0.2, 0.25) is 5.02 Å². The number of rotatable bonds is 1. The third kappa shape index (κ3) is 8.26. The summed E-state index contributed by atoms with van der Waals surface area (Å²) in [5.41, 5.74) is 3.45. The molecule has 0 saturated heterocycles. The summed E-state index contributed by atoms with van der Waals surface area (Å²) < 4.78 is 12.3. The molecule has 0 spiro atoms. The average molecular weight is 567 g/mol. The topological polar surface area (TPSA) is 59.1 Å². The Morgan fingerprint density at radius 2 is 1.77 bits per heavy atom. The number of allylic oxidation sites excluding steroid dienone is 1. The van der Waals surface area contributed by atoms with E-state index in [1.54, 1.807) is 11.9 Å². The summed E-state index contributed by atoms with van der Waals surface area (Å²) in [6.07, 6.45) is 10.3. The van der Waals surface area contributed by atoms with Crippen LogP contribution in [-0.2, 0) is 27.4 Å². The summed E-state index contributed by atoms with van der Waals surface area (Å²) in [6.45, 7) is 8.30. The number of nitrogens with zero attached hydrogens (tertiary/aromatic N) is 2. The van der Waals surface area contributed by atoms with Gasteiger partial charge in [0.2, 0.25) is 5.91 Å². The summed E-state index contributed by atoms with van der Waals surface area (Å²) in [5, 5.41) is 0.746. The minimum Gasteiger partial charge on any atom is -0.487 e. The molecule has 0 unspecified atom stereocenters. The first-order valence-corrected chi connectivity index (χ1v) is 14.9. The van der Waals surface area contributed by atoms with E-state index in [-0.39, 0.29) is 18.3 Å². The number of likely N-dealkylation sites (N-methyl/N-ethyl adjacent to an activating group) is 1. The Morgan fingerprint density at radius 3 is 2.55 bits per heavy atom. The Labute approximate surface area is 244 Å². The van der Waals surface area contributed by atoms with Crippen LogP contribution in [-0.4, -0.2) is 49.1 Å². The van der Waals surface area contributed by atoms with Gasteiger partial charge in [0.05, 0.1) is 11.6 Å².